The van der Waals surface area contributed by atoms with Crippen LogP contribution in [0.5, 0.6) is 11.5 Å². The average molecular weight is 452 g/mol. The summed E-state index contributed by atoms with van der Waals surface area (Å²) in [5, 5.41) is 2.83. The predicted molar refractivity (Wildman–Crippen MR) is 125 cm³/mol. The molecule has 1 aliphatic carbocycles. The number of nitrogens with one attached hydrogen (secondary N) is 1. The number of urea groups is 1. The monoisotopic (exact) mass is 451 g/mol. The van der Waals surface area contributed by atoms with E-state index in [1.165, 1.54) is 4.90 Å². The van der Waals surface area contributed by atoms with E-state index in [2.05, 4.69) is 5.32 Å². The van der Waals surface area contributed by atoms with Crippen LogP contribution in [0.15, 0.2) is 48.5 Å². The fourth-order valence-electron chi connectivity index (χ4n) is 4.55. The second-order valence-electron chi connectivity index (χ2n) is 8.23. The van der Waals surface area contributed by atoms with Crippen LogP contribution < -0.4 is 19.7 Å². The number of rotatable bonds is 8. The molecule has 0 bridgehead atoms. The molecule has 174 valence electrons. The van der Waals surface area contributed by atoms with E-state index in [1.807, 2.05) is 6.92 Å². The summed E-state index contributed by atoms with van der Waals surface area (Å²) in [6.45, 7) is 2.46. The standard InChI is InChI=1S/C25H29N3O5/c1-3-33-21-12-8-17(9-13-21)26-23(29)16-22-24(30)28(19-10-14-20(32-2)15-11-19)25(31)27(22)18-6-4-5-7-18/h8-15,18,22H,3-7,16H2,1-2H3,(H,26,29). The first-order valence-corrected chi connectivity index (χ1v) is 11.3. The maximum Gasteiger partial charge on any atom is 0.332 e. The van der Waals surface area contributed by atoms with E-state index in [0.29, 0.717) is 23.7 Å². The number of ether oxygens (including phenoxy) is 2. The van der Waals surface area contributed by atoms with Crippen molar-refractivity contribution in [2.75, 3.05) is 23.9 Å². The number of anilines is 2. The fraction of sp³-hybridized carbons (Fsp3) is 0.400. The zero-order valence-electron chi connectivity index (χ0n) is 19.0. The minimum Gasteiger partial charge on any atom is -0.497 e. The molecule has 1 saturated heterocycles. The van der Waals surface area contributed by atoms with Gasteiger partial charge < -0.3 is 19.7 Å². The van der Waals surface area contributed by atoms with Crippen molar-refractivity contribution in [2.24, 2.45) is 0 Å². The molecule has 1 aliphatic heterocycles. The van der Waals surface area contributed by atoms with Crippen molar-refractivity contribution in [3.05, 3.63) is 48.5 Å². The molecule has 1 heterocycles. The fourth-order valence-corrected chi connectivity index (χ4v) is 4.55. The Bertz CT molecular complexity index is 1000. The van der Waals surface area contributed by atoms with Crippen LogP contribution in [0.3, 0.4) is 0 Å². The first-order valence-electron chi connectivity index (χ1n) is 11.3. The Balaban J connectivity index is 1.52. The minimum absolute atomic E-state index is 0.0343. The molecule has 1 N–H and O–H groups in total. The summed E-state index contributed by atoms with van der Waals surface area (Å²) in [6, 6.07) is 12.6. The van der Waals surface area contributed by atoms with Crippen LogP contribution in [0.1, 0.15) is 39.0 Å². The van der Waals surface area contributed by atoms with Gasteiger partial charge in [0.1, 0.15) is 17.5 Å². The molecular weight excluding hydrogens is 422 g/mol. The van der Waals surface area contributed by atoms with Crippen molar-refractivity contribution in [1.82, 2.24) is 4.90 Å². The van der Waals surface area contributed by atoms with Crippen LogP contribution in [-0.2, 0) is 9.59 Å². The average Bonchev–Trinajstić information content (AvgIpc) is 3.42. The summed E-state index contributed by atoms with van der Waals surface area (Å²) < 4.78 is 10.6. The zero-order valence-corrected chi connectivity index (χ0v) is 19.0. The lowest BCUT2D eigenvalue weighted by Gasteiger charge is -2.27. The molecule has 33 heavy (non-hydrogen) atoms. The van der Waals surface area contributed by atoms with Gasteiger partial charge in [0.15, 0.2) is 0 Å². The van der Waals surface area contributed by atoms with E-state index in [0.717, 1.165) is 31.4 Å². The number of hydrogen-bond donors (Lipinski definition) is 1. The number of benzene rings is 2. The third kappa shape index (κ3) is 4.79. The summed E-state index contributed by atoms with van der Waals surface area (Å²) in [5.74, 6) is 0.662. The van der Waals surface area contributed by atoms with Crippen molar-refractivity contribution in [3.63, 3.8) is 0 Å². The molecule has 0 radical (unpaired) electrons. The van der Waals surface area contributed by atoms with Crippen LogP contribution in [0.4, 0.5) is 16.2 Å². The number of imide groups is 1. The lowest BCUT2D eigenvalue weighted by Crippen LogP contribution is -2.43. The van der Waals surface area contributed by atoms with E-state index in [4.69, 9.17) is 9.47 Å². The Morgan fingerprint density at radius 2 is 1.64 bits per heavy atom. The molecular formula is C25H29N3O5. The first kappa shape index (κ1) is 22.6. The van der Waals surface area contributed by atoms with Gasteiger partial charge in [0.2, 0.25) is 5.91 Å². The van der Waals surface area contributed by atoms with Gasteiger partial charge in [-0.3, -0.25) is 9.59 Å². The molecule has 0 spiro atoms. The Hall–Kier alpha value is -3.55. The smallest absolute Gasteiger partial charge is 0.332 e. The van der Waals surface area contributed by atoms with E-state index in [1.54, 1.807) is 60.5 Å². The third-order valence-corrected chi connectivity index (χ3v) is 6.13. The van der Waals surface area contributed by atoms with Crippen LogP contribution >= 0.6 is 0 Å². The SMILES string of the molecule is CCOc1ccc(NC(=O)CC2C(=O)N(c3ccc(OC)cc3)C(=O)N2C2CCCC2)cc1. The Labute approximate surface area is 193 Å². The summed E-state index contributed by atoms with van der Waals surface area (Å²) in [6.07, 6.45) is 3.60. The molecule has 4 amide bonds. The van der Waals surface area contributed by atoms with E-state index >= 15 is 0 Å². The number of nitrogens with zero attached hydrogens (tertiary/aromatic N) is 2. The van der Waals surface area contributed by atoms with Gasteiger partial charge >= 0.3 is 6.03 Å². The van der Waals surface area contributed by atoms with Crippen molar-refractivity contribution in [3.8, 4) is 11.5 Å². The quantitative estimate of drug-likeness (QED) is 0.608. The number of methoxy groups -OCH3 is 1. The largest absolute Gasteiger partial charge is 0.497 e. The third-order valence-electron chi connectivity index (χ3n) is 6.13. The molecule has 4 rings (SSSR count). The highest BCUT2D eigenvalue weighted by atomic mass is 16.5. The van der Waals surface area contributed by atoms with Gasteiger partial charge in [-0.25, -0.2) is 9.69 Å². The summed E-state index contributed by atoms with van der Waals surface area (Å²) in [5.41, 5.74) is 1.09. The van der Waals surface area contributed by atoms with Gasteiger partial charge in [0.25, 0.3) is 5.91 Å². The Morgan fingerprint density at radius 1 is 1.00 bits per heavy atom. The van der Waals surface area contributed by atoms with Gasteiger partial charge in [-0.1, -0.05) is 12.8 Å². The van der Waals surface area contributed by atoms with Gasteiger partial charge in [-0.15, -0.1) is 0 Å². The molecule has 2 aliphatic rings. The number of carbonyl (C=O) groups excluding carboxylic acids is 3. The zero-order chi connectivity index (χ0) is 23.4. The lowest BCUT2D eigenvalue weighted by atomic mass is 10.1. The summed E-state index contributed by atoms with van der Waals surface area (Å²) in [4.78, 5) is 42.4. The highest BCUT2D eigenvalue weighted by molar-refractivity contribution is 6.22. The van der Waals surface area contributed by atoms with Crippen LogP contribution in [0, 0.1) is 0 Å². The van der Waals surface area contributed by atoms with Crippen LogP contribution in [0.25, 0.3) is 0 Å². The molecule has 0 aromatic heterocycles. The topological polar surface area (TPSA) is 88.2 Å². The molecule has 8 nitrogen and oxygen atoms in total. The van der Waals surface area contributed by atoms with Crippen molar-refractivity contribution in [1.29, 1.82) is 0 Å². The normalized spacial score (nSPS) is 18.7. The van der Waals surface area contributed by atoms with Gasteiger partial charge in [0, 0.05) is 11.7 Å². The number of carbonyl (C=O) groups is 3. The van der Waals surface area contributed by atoms with E-state index < -0.39 is 6.04 Å². The van der Waals surface area contributed by atoms with Crippen LogP contribution in [-0.4, -0.2) is 48.5 Å². The molecule has 1 atom stereocenters. The van der Waals surface area contributed by atoms with E-state index in [-0.39, 0.29) is 30.3 Å². The maximum absolute atomic E-state index is 13.4. The summed E-state index contributed by atoms with van der Waals surface area (Å²) in [7, 11) is 1.56. The second-order valence-corrected chi connectivity index (χ2v) is 8.23. The molecule has 8 heteroatoms. The van der Waals surface area contributed by atoms with E-state index in [9.17, 15) is 14.4 Å². The van der Waals surface area contributed by atoms with Crippen molar-refractivity contribution in [2.45, 2.75) is 51.1 Å². The molecule has 2 aromatic rings. The predicted octanol–water partition coefficient (Wildman–Crippen LogP) is 4.20. The molecule has 1 unspecified atom stereocenters. The Kier molecular flexibility index (Phi) is 6.82. The Morgan fingerprint density at radius 3 is 2.24 bits per heavy atom. The highest BCUT2D eigenvalue weighted by Gasteiger charge is 2.49. The molecule has 2 fully saturated rings. The van der Waals surface area contributed by atoms with Gasteiger partial charge in [-0.05, 0) is 68.3 Å². The second kappa shape index (κ2) is 9.94. The number of hydrogen-bond acceptors (Lipinski definition) is 5. The maximum atomic E-state index is 13.4. The van der Waals surface area contributed by atoms with Gasteiger partial charge in [0.05, 0.1) is 25.8 Å². The lowest BCUT2D eigenvalue weighted by molar-refractivity contribution is -0.124. The minimum atomic E-state index is -0.828. The molecule has 1 saturated carbocycles. The van der Waals surface area contributed by atoms with Crippen LogP contribution in [0.2, 0.25) is 0 Å². The highest BCUT2D eigenvalue weighted by Crippen LogP contribution is 2.34. The van der Waals surface area contributed by atoms with Gasteiger partial charge in [-0.2, -0.15) is 0 Å². The first-order chi connectivity index (χ1) is 16.0. The summed E-state index contributed by atoms with van der Waals surface area (Å²) >= 11 is 0. The van der Waals surface area contributed by atoms with Crippen molar-refractivity contribution < 1.29 is 23.9 Å². The molecule has 2 aromatic carbocycles. The van der Waals surface area contributed by atoms with Crippen molar-refractivity contribution >= 4 is 29.2 Å². The number of amides is 4.